The van der Waals surface area contributed by atoms with E-state index in [-0.39, 0.29) is 78.4 Å². The van der Waals surface area contributed by atoms with Gasteiger partial charge in [0.2, 0.25) is 5.69 Å². The smallest absolute Gasteiger partial charge is 0.335 e. The molecule has 0 fully saturated rings. The number of rotatable bonds is 29. The molecule has 5 N–H and O–H groups in total. The van der Waals surface area contributed by atoms with Gasteiger partial charge >= 0.3 is 5.97 Å². The van der Waals surface area contributed by atoms with E-state index in [1.165, 1.54) is 44.6 Å². The van der Waals surface area contributed by atoms with Gasteiger partial charge in [-0.15, -0.1) is 0 Å². The number of hydrogen-bond acceptors (Lipinski definition) is 17. The molecule has 2 aliphatic heterocycles. The highest BCUT2D eigenvalue weighted by Gasteiger charge is 2.49. The van der Waals surface area contributed by atoms with E-state index in [4.69, 9.17) is 18.9 Å². The number of methoxy groups -OCH3 is 2. The van der Waals surface area contributed by atoms with Crippen molar-refractivity contribution >= 4 is 101 Å². The van der Waals surface area contributed by atoms with Crippen LogP contribution in [0.4, 0.5) is 11.4 Å². The van der Waals surface area contributed by atoms with Crippen molar-refractivity contribution in [2.24, 2.45) is 0 Å². The van der Waals surface area contributed by atoms with Crippen molar-refractivity contribution in [3.8, 4) is 11.5 Å². The molecule has 0 amide bonds. The molecular weight excluding hydrogens is 1200 g/mol. The Morgan fingerprint density at radius 1 is 0.690 bits per heavy atom. The number of ether oxygens (including phenoxy) is 4. The molecule has 0 saturated carbocycles. The van der Waals surface area contributed by atoms with E-state index >= 15 is 0 Å². The highest BCUT2D eigenvalue weighted by Crippen LogP contribution is 2.54. The van der Waals surface area contributed by atoms with Gasteiger partial charge in [-0.2, -0.15) is 38.2 Å². The van der Waals surface area contributed by atoms with Crippen LogP contribution in [0.25, 0.3) is 27.1 Å². The Hall–Kier alpha value is -6.15. The molecule has 0 spiro atoms. The lowest BCUT2D eigenvalue weighted by Crippen LogP contribution is -2.33. The summed E-state index contributed by atoms with van der Waals surface area (Å²) in [6.07, 6.45) is 7.01. The first-order valence-corrected chi connectivity index (χ1v) is 34.0. The minimum atomic E-state index is -5.04. The molecule has 0 saturated heterocycles. The van der Waals surface area contributed by atoms with Gasteiger partial charge in [-0.1, -0.05) is 37.3 Å². The summed E-state index contributed by atoms with van der Waals surface area (Å²) in [6.45, 7) is 5.47. The van der Waals surface area contributed by atoms with Crippen LogP contribution in [0.2, 0.25) is 0 Å². The number of carboxylic acids is 1. The Morgan fingerprint density at radius 2 is 1.27 bits per heavy atom. The lowest BCUT2D eigenvalue weighted by atomic mass is 9.74. The van der Waals surface area contributed by atoms with Crippen molar-refractivity contribution in [2.75, 3.05) is 75.9 Å². The molecule has 2 atom stereocenters. The molecule has 0 aromatic heterocycles. The molecular formula is C56H66N2O21S5. The fourth-order valence-electron chi connectivity index (χ4n) is 11.1. The average Bonchev–Trinajstić information content (AvgIpc) is 1.66. The third-order valence-corrected chi connectivity index (χ3v) is 19.0. The second-order valence-electron chi connectivity index (χ2n) is 20.7. The summed E-state index contributed by atoms with van der Waals surface area (Å²) in [5.74, 6) is -4.08. The summed E-state index contributed by atoms with van der Waals surface area (Å²) in [5, 5.41) is 12.1. The van der Waals surface area contributed by atoms with E-state index in [0.29, 0.717) is 69.5 Å². The lowest BCUT2D eigenvalue weighted by Gasteiger charge is -2.30. The first-order chi connectivity index (χ1) is 39.3. The Labute approximate surface area is 488 Å². The first-order valence-electron chi connectivity index (χ1n) is 26.4. The van der Waals surface area contributed by atoms with Gasteiger partial charge in [0.05, 0.1) is 56.8 Å². The van der Waals surface area contributed by atoms with Crippen LogP contribution >= 0.6 is 0 Å². The third kappa shape index (κ3) is 14.9. The average molecular weight is 1260 g/mol. The van der Waals surface area contributed by atoms with Crippen molar-refractivity contribution in [1.82, 2.24) is 0 Å². The lowest BCUT2D eigenvalue weighted by molar-refractivity contribution is -0.437. The summed E-state index contributed by atoms with van der Waals surface area (Å²) < 4.78 is 201. The quantitative estimate of drug-likeness (QED) is 0.0133. The number of anilines is 1. The first kappa shape index (κ1) is 65.4. The molecule has 0 aliphatic carbocycles. The van der Waals surface area contributed by atoms with E-state index in [9.17, 15) is 74.8 Å². The van der Waals surface area contributed by atoms with Crippen molar-refractivity contribution in [3.63, 3.8) is 0 Å². The SMILES string of the molecule is CCCN1/C(=C/C=C(/C=C/C2=[N+](CCCS(=O)(=O)O)c3ccc4c(S(=O)(=O)[O-])cccc4c3C2(C)CCOC)c2c(OCCCS(=O)(=O)O)cc(C(=O)O)cc2OCCCS(=O)(=O)O)C(C)(CCOC)c2c1ccc1ccc(S(=O)(=O)O)cc21. The van der Waals surface area contributed by atoms with E-state index in [1.54, 1.807) is 47.1 Å². The summed E-state index contributed by atoms with van der Waals surface area (Å²) in [5.41, 5.74) is 0.996. The molecule has 456 valence electrons. The van der Waals surface area contributed by atoms with Crippen LogP contribution in [0.3, 0.4) is 0 Å². The predicted octanol–water partition coefficient (Wildman–Crippen LogP) is 7.57. The van der Waals surface area contributed by atoms with Crippen molar-refractivity contribution in [3.05, 3.63) is 125 Å². The number of carbonyl (C=O) groups is 1. The molecule has 0 radical (unpaired) electrons. The minimum absolute atomic E-state index is 0.00887. The zero-order chi connectivity index (χ0) is 61.8. The van der Waals surface area contributed by atoms with Crippen molar-refractivity contribution in [2.45, 2.75) is 79.9 Å². The van der Waals surface area contributed by atoms with Crippen LogP contribution in [-0.2, 0) is 70.9 Å². The minimum Gasteiger partial charge on any atom is -0.744 e. The molecule has 7 rings (SSSR count). The number of fused-ring (bicyclic) bond motifs is 6. The Morgan fingerprint density at radius 3 is 1.82 bits per heavy atom. The van der Waals surface area contributed by atoms with Gasteiger partial charge in [0.25, 0.3) is 40.5 Å². The number of nitrogens with zero attached hydrogens (tertiary/aromatic N) is 2. The Balaban J connectivity index is 1.61. The second-order valence-corrected chi connectivity index (χ2v) is 28.2. The maximum absolute atomic E-state index is 12.9. The van der Waals surface area contributed by atoms with Crippen LogP contribution < -0.4 is 14.4 Å². The van der Waals surface area contributed by atoms with E-state index < -0.39 is 108 Å². The monoisotopic (exact) mass is 1260 g/mol. The van der Waals surface area contributed by atoms with Crippen molar-refractivity contribution < 1.29 is 98.3 Å². The zero-order valence-electron chi connectivity index (χ0n) is 46.5. The Bertz CT molecular complexity index is 4040. The molecule has 2 unspecified atom stereocenters. The molecule has 5 aromatic carbocycles. The topological polar surface area (TPSA) is 355 Å². The molecule has 5 aromatic rings. The standard InChI is InChI=1S/C56H66N2O21S5/c1-6-25-57-44-19-14-37-13-17-40(83(70,71)72)36-43(37)53(44)56(3,24-30-77-5)49(57)21-15-38(51-46(78-27-9-32-81(64,65)66)34-39(54(59)60)35-47(51)79-28-10-33-82(67,68)69)16-22-50-55(2,23-29-76-4)52-42-11-7-12-48(84(73,74)75)41(42)18-20-45(52)58(50)26-8-31-80(61,62)63/h7,11-22,34-36H,6,8-10,23-33H2,1-5H3,(H5-,59,60,61,62,63,64,65,66,67,68,69,70,71,72,73,74,75). The van der Waals surface area contributed by atoms with Crippen LogP contribution in [0, 0.1) is 0 Å². The van der Waals surface area contributed by atoms with Crippen LogP contribution in [0.1, 0.15) is 86.3 Å². The predicted molar refractivity (Wildman–Crippen MR) is 313 cm³/mol. The van der Waals surface area contributed by atoms with Gasteiger partial charge in [0.1, 0.15) is 28.2 Å². The third-order valence-electron chi connectivity index (χ3n) is 14.8. The molecule has 23 nitrogen and oxygen atoms in total. The maximum Gasteiger partial charge on any atom is 0.335 e. The largest absolute Gasteiger partial charge is 0.744 e. The Kier molecular flexibility index (Phi) is 20.1. The van der Waals surface area contributed by atoms with Gasteiger partial charge in [0, 0.05) is 74.9 Å². The molecule has 28 heteroatoms. The fourth-order valence-corrected chi connectivity index (χ4v) is 13.8. The normalized spacial score (nSPS) is 18.4. The summed E-state index contributed by atoms with van der Waals surface area (Å²) in [7, 11) is -20.3. The molecule has 2 heterocycles. The molecule has 84 heavy (non-hydrogen) atoms. The van der Waals surface area contributed by atoms with E-state index in [2.05, 4.69) is 0 Å². The fraction of sp³-hybridized carbons (Fsp3) is 0.393. The van der Waals surface area contributed by atoms with Gasteiger partial charge in [-0.05, 0) is 133 Å². The van der Waals surface area contributed by atoms with Crippen LogP contribution in [-0.4, -0.2) is 157 Å². The van der Waals surface area contributed by atoms with Crippen LogP contribution in [0.15, 0.2) is 113 Å². The number of allylic oxidation sites excluding steroid dienone is 6. The number of benzene rings is 5. The number of carboxylic acid groups (broad SMARTS) is 1. The number of hydrogen-bond donors (Lipinski definition) is 5. The van der Waals surface area contributed by atoms with Gasteiger partial charge in [0.15, 0.2) is 5.71 Å². The highest BCUT2D eigenvalue weighted by molar-refractivity contribution is 7.86. The molecule has 2 aliphatic rings. The second kappa shape index (κ2) is 25.8. The van der Waals surface area contributed by atoms with Gasteiger partial charge in [-0.25, -0.2) is 13.2 Å². The summed E-state index contributed by atoms with van der Waals surface area (Å²) in [4.78, 5) is 14.1. The maximum atomic E-state index is 12.9. The van der Waals surface area contributed by atoms with Gasteiger partial charge in [-0.3, -0.25) is 18.2 Å². The number of aromatic carboxylic acids is 1. The van der Waals surface area contributed by atoms with E-state index in [0.717, 1.165) is 12.1 Å². The van der Waals surface area contributed by atoms with E-state index in [1.807, 2.05) is 37.8 Å². The van der Waals surface area contributed by atoms with Crippen molar-refractivity contribution in [1.29, 1.82) is 0 Å². The zero-order valence-corrected chi connectivity index (χ0v) is 50.6. The summed E-state index contributed by atoms with van der Waals surface area (Å²) >= 11 is 0. The highest BCUT2D eigenvalue weighted by atomic mass is 32.2. The van der Waals surface area contributed by atoms with Gasteiger partial charge < -0.3 is 33.5 Å². The molecule has 0 bridgehead atoms. The van der Waals surface area contributed by atoms with Crippen LogP contribution in [0.5, 0.6) is 11.5 Å². The summed E-state index contributed by atoms with van der Waals surface area (Å²) in [6, 6.07) is 17.6.